The van der Waals surface area contributed by atoms with E-state index < -0.39 is 17.5 Å². The maximum absolute atomic E-state index is 14.1. The lowest BCUT2D eigenvalue weighted by Crippen LogP contribution is -2.43. The number of carbonyl (C=O) groups excluding carboxylic acids is 1. The lowest BCUT2D eigenvalue weighted by atomic mass is 10.0. The van der Waals surface area contributed by atoms with Gasteiger partial charge in [0.1, 0.15) is 11.6 Å². The Hall–Kier alpha value is -1.53. The molecule has 0 saturated carbocycles. The molecule has 1 aromatic rings. The number of nitrogens with two attached hydrogens (primary N) is 1. The summed E-state index contributed by atoms with van der Waals surface area (Å²) in [6.45, 7) is 2.77. The summed E-state index contributed by atoms with van der Waals surface area (Å²) in [5.41, 5.74) is 5.64. The van der Waals surface area contributed by atoms with Crippen LogP contribution in [-0.2, 0) is 16.1 Å². The molecule has 0 aliphatic carbocycles. The number of aryl methyl sites for hydroxylation is 1. The summed E-state index contributed by atoms with van der Waals surface area (Å²) in [6.07, 6.45) is 1.45. The minimum atomic E-state index is -0.598. The average Bonchev–Trinajstić information content (AvgIpc) is 2.47. The molecule has 0 atom stereocenters. The molecule has 0 radical (unpaired) electrons. The molecule has 6 heteroatoms. The van der Waals surface area contributed by atoms with Crippen molar-refractivity contribution in [3.8, 4) is 0 Å². The second kappa shape index (κ2) is 6.95. The predicted molar refractivity (Wildman–Crippen MR) is 74.5 cm³/mol. The summed E-state index contributed by atoms with van der Waals surface area (Å²) in [6, 6.07) is 2.70. The normalized spacial score (nSPS) is 16.4. The van der Waals surface area contributed by atoms with E-state index in [4.69, 9.17) is 10.5 Å². The van der Waals surface area contributed by atoms with Crippen molar-refractivity contribution in [1.82, 2.24) is 4.90 Å². The summed E-state index contributed by atoms with van der Waals surface area (Å²) >= 11 is 0. The van der Waals surface area contributed by atoms with Crippen molar-refractivity contribution in [3.63, 3.8) is 0 Å². The largest absolute Gasteiger partial charge is 0.381 e. The van der Waals surface area contributed by atoms with Crippen molar-refractivity contribution < 1.29 is 18.3 Å². The molecule has 1 saturated heterocycles. The van der Waals surface area contributed by atoms with Crippen LogP contribution in [0.15, 0.2) is 12.1 Å². The van der Waals surface area contributed by atoms with E-state index in [1.165, 1.54) is 12.1 Å². The molecule has 0 bridgehead atoms. The van der Waals surface area contributed by atoms with Gasteiger partial charge in [0.15, 0.2) is 0 Å². The van der Waals surface area contributed by atoms with Crippen molar-refractivity contribution in [2.45, 2.75) is 32.4 Å². The lowest BCUT2D eigenvalue weighted by Gasteiger charge is -2.33. The number of nitrogens with zero attached hydrogens (tertiary/aromatic N) is 1. The summed E-state index contributed by atoms with van der Waals surface area (Å²) in [7, 11) is 0. The molecule has 2 rings (SSSR count). The van der Waals surface area contributed by atoms with E-state index in [2.05, 4.69) is 0 Å². The van der Waals surface area contributed by atoms with Crippen molar-refractivity contribution in [3.05, 3.63) is 34.9 Å². The molecule has 116 valence electrons. The first-order valence-corrected chi connectivity index (χ1v) is 7.02. The summed E-state index contributed by atoms with van der Waals surface area (Å²) in [5.74, 6) is -1.66. The van der Waals surface area contributed by atoms with Gasteiger partial charge in [0, 0.05) is 31.4 Å². The molecular weight excluding hydrogens is 278 g/mol. The predicted octanol–water partition coefficient (Wildman–Crippen LogP) is 1.74. The maximum atomic E-state index is 14.1. The van der Waals surface area contributed by atoms with Gasteiger partial charge < -0.3 is 10.5 Å². The first-order valence-electron chi connectivity index (χ1n) is 7.02. The quantitative estimate of drug-likeness (QED) is 0.901. The molecule has 1 aromatic carbocycles. The number of carbonyl (C=O) groups is 1. The van der Waals surface area contributed by atoms with Gasteiger partial charge in [-0.15, -0.1) is 0 Å². The molecule has 0 spiro atoms. The fourth-order valence-corrected chi connectivity index (χ4v) is 2.63. The highest BCUT2D eigenvalue weighted by atomic mass is 19.1. The average molecular weight is 298 g/mol. The minimum Gasteiger partial charge on any atom is -0.381 e. The number of primary amides is 1. The Morgan fingerprint density at radius 2 is 2.05 bits per heavy atom. The van der Waals surface area contributed by atoms with Gasteiger partial charge in [-0.25, -0.2) is 8.78 Å². The SMILES string of the molecule is Cc1ccc(F)c(CN(CC(N)=O)C2CCOCC2)c1F. The van der Waals surface area contributed by atoms with Gasteiger partial charge in [-0.1, -0.05) is 6.07 Å². The highest BCUT2D eigenvalue weighted by Gasteiger charge is 2.25. The Bertz CT molecular complexity index is 517. The molecule has 0 unspecified atom stereocenters. The fraction of sp³-hybridized carbons (Fsp3) is 0.533. The first kappa shape index (κ1) is 15.9. The molecule has 1 heterocycles. The second-order valence-electron chi connectivity index (χ2n) is 5.37. The second-order valence-corrected chi connectivity index (χ2v) is 5.37. The lowest BCUT2D eigenvalue weighted by molar-refractivity contribution is -0.120. The third kappa shape index (κ3) is 3.98. The van der Waals surface area contributed by atoms with Crippen LogP contribution in [-0.4, -0.2) is 36.6 Å². The number of hydrogen-bond donors (Lipinski definition) is 1. The number of halogens is 2. The van der Waals surface area contributed by atoms with Crippen LogP contribution >= 0.6 is 0 Å². The molecule has 1 amide bonds. The maximum Gasteiger partial charge on any atom is 0.231 e. The van der Waals surface area contributed by atoms with E-state index in [-0.39, 0.29) is 24.7 Å². The van der Waals surface area contributed by atoms with Gasteiger partial charge in [-0.2, -0.15) is 0 Å². The van der Waals surface area contributed by atoms with Gasteiger partial charge in [0.2, 0.25) is 5.91 Å². The van der Waals surface area contributed by atoms with Crippen LogP contribution in [0, 0.1) is 18.6 Å². The van der Waals surface area contributed by atoms with Crippen LogP contribution < -0.4 is 5.73 Å². The summed E-state index contributed by atoms with van der Waals surface area (Å²) in [5, 5.41) is 0. The zero-order valence-electron chi connectivity index (χ0n) is 12.1. The fourth-order valence-electron chi connectivity index (χ4n) is 2.63. The minimum absolute atomic E-state index is 0.0114. The third-order valence-corrected chi connectivity index (χ3v) is 3.81. The third-order valence-electron chi connectivity index (χ3n) is 3.81. The Balaban J connectivity index is 2.22. The molecule has 1 aliphatic heterocycles. The van der Waals surface area contributed by atoms with Crippen LogP contribution in [0.5, 0.6) is 0 Å². The molecule has 21 heavy (non-hydrogen) atoms. The van der Waals surface area contributed by atoms with Gasteiger partial charge in [0.05, 0.1) is 6.54 Å². The van der Waals surface area contributed by atoms with Crippen molar-refractivity contribution in [1.29, 1.82) is 0 Å². The first-order chi connectivity index (χ1) is 9.99. The van der Waals surface area contributed by atoms with E-state index in [0.29, 0.717) is 18.8 Å². The van der Waals surface area contributed by atoms with Crippen LogP contribution in [0.4, 0.5) is 8.78 Å². The Kier molecular flexibility index (Phi) is 5.25. The van der Waals surface area contributed by atoms with Crippen molar-refractivity contribution in [2.75, 3.05) is 19.8 Å². The van der Waals surface area contributed by atoms with Crippen LogP contribution in [0.25, 0.3) is 0 Å². The summed E-state index contributed by atoms with van der Waals surface area (Å²) < 4.78 is 33.3. The number of hydrogen-bond acceptors (Lipinski definition) is 3. The number of benzene rings is 1. The summed E-state index contributed by atoms with van der Waals surface area (Å²) in [4.78, 5) is 13.0. The molecule has 0 aromatic heterocycles. The van der Waals surface area contributed by atoms with Crippen molar-refractivity contribution >= 4 is 5.91 Å². The van der Waals surface area contributed by atoms with Gasteiger partial charge in [-0.05, 0) is 31.4 Å². The van der Waals surface area contributed by atoms with E-state index in [9.17, 15) is 13.6 Å². The zero-order valence-corrected chi connectivity index (χ0v) is 12.1. The Morgan fingerprint density at radius 1 is 1.38 bits per heavy atom. The highest BCUT2D eigenvalue weighted by molar-refractivity contribution is 5.76. The number of ether oxygens (including phenoxy) is 1. The van der Waals surface area contributed by atoms with Crippen LogP contribution in [0.3, 0.4) is 0 Å². The number of rotatable bonds is 5. The smallest absolute Gasteiger partial charge is 0.231 e. The molecule has 4 nitrogen and oxygen atoms in total. The van der Waals surface area contributed by atoms with Gasteiger partial charge in [-0.3, -0.25) is 9.69 Å². The Labute approximate surface area is 122 Å². The Morgan fingerprint density at radius 3 is 2.67 bits per heavy atom. The molecular formula is C15H20F2N2O2. The van der Waals surface area contributed by atoms with Crippen molar-refractivity contribution in [2.24, 2.45) is 5.73 Å². The van der Waals surface area contributed by atoms with E-state index in [1.807, 2.05) is 0 Å². The van der Waals surface area contributed by atoms with E-state index in [0.717, 1.165) is 12.8 Å². The monoisotopic (exact) mass is 298 g/mol. The van der Waals surface area contributed by atoms with E-state index >= 15 is 0 Å². The van der Waals surface area contributed by atoms with Gasteiger partial charge in [0.25, 0.3) is 0 Å². The number of amides is 1. The van der Waals surface area contributed by atoms with E-state index in [1.54, 1.807) is 11.8 Å². The van der Waals surface area contributed by atoms with Gasteiger partial charge >= 0.3 is 0 Å². The highest BCUT2D eigenvalue weighted by Crippen LogP contribution is 2.22. The molecule has 1 aliphatic rings. The molecule has 2 N–H and O–H groups in total. The standard InChI is InChI=1S/C15H20F2N2O2/c1-10-2-3-13(16)12(15(10)17)8-19(9-14(18)20)11-4-6-21-7-5-11/h2-3,11H,4-9H2,1H3,(H2,18,20). The van der Waals surface area contributed by atoms with Crippen LogP contribution in [0.2, 0.25) is 0 Å². The zero-order chi connectivity index (χ0) is 15.4. The molecule has 1 fully saturated rings. The van der Waals surface area contributed by atoms with Crippen LogP contribution in [0.1, 0.15) is 24.0 Å². The topological polar surface area (TPSA) is 55.6 Å².